The van der Waals surface area contributed by atoms with Crippen molar-refractivity contribution in [3.63, 3.8) is 0 Å². The molecule has 0 unspecified atom stereocenters. The summed E-state index contributed by atoms with van der Waals surface area (Å²) < 4.78 is 18.1. The highest BCUT2D eigenvalue weighted by atomic mass is 32.1. The maximum Gasteiger partial charge on any atom is 0.326 e. The Labute approximate surface area is 135 Å². The zero-order chi connectivity index (χ0) is 16.7. The molecule has 2 rings (SSSR count). The fourth-order valence-corrected chi connectivity index (χ4v) is 2.32. The normalized spacial score (nSPS) is 9.96. The molecule has 1 aromatic carbocycles. The Hall–Kier alpha value is -2.74. The summed E-state index contributed by atoms with van der Waals surface area (Å²) in [6, 6.07) is 8.18. The molecular formula is C15H13FN2O4S. The van der Waals surface area contributed by atoms with Gasteiger partial charge in [0.2, 0.25) is 0 Å². The first-order valence-corrected chi connectivity index (χ1v) is 7.46. The number of urea groups is 1. The van der Waals surface area contributed by atoms with E-state index in [9.17, 15) is 18.8 Å². The van der Waals surface area contributed by atoms with Crippen LogP contribution in [0, 0.1) is 5.82 Å². The summed E-state index contributed by atoms with van der Waals surface area (Å²) in [4.78, 5) is 35.3. The van der Waals surface area contributed by atoms with Gasteiger partial charge < -0.3 is 10.1 Å². The van der Waals surface area contributed by atoms with Crippen LogP contribution >= 0.6 is 11.3 Å². The predicted molar refractivity (Wildman–Crippen MR) is 82.5 cm³/mol. The van der Waals surface area contributed by atoms with Crippen molar-refractivity contribution >= 4 is 34.9 Å². The molecule has 1 aromatic heterocycles. The standard InChI is InChI=1S/C15H13FN2O4S/c16-11-5-1-2-6-12(11)17-15(21)18-13(19)9-22-14(20)8-10-4-3-7-23-10/h1-7H,8-9H2,(H2,17,18,19,21). The summed E-state index contributed by atoms with van der Waals surface area (Å²) in [7, 11) is 0. The molecule has 1 heterocycles. The number of para-hydroxylation sites is 1. The van der Waals surface area contributed by atoms with Crippen molar-refractivity contribution in [2.24, 2.45) is 0 Å². The van der Waals surface area contributed by atoms with Gasteiger partial charge in [0, 0.05) is 4.88 Å². The zero-order valence-electron chi connectivity index (χ0n) is 11.9. The molecule has 6 nitrogen and oxygen atoms in total. The van der Waals surface area contributed by atoms with E-state index < -0.39 is 30.3 Å². The minimum Gasteiger partial charge on any atom is -0.455 e. The summed E-state index contributed by atoms with van der Waals surface area (Å²) in [5, 5.41) is 5.94. The quantitative estimate of drug-likeness (QED) is 0.821. The summed E-state index contributed by atoms with van der Waals surface area (Å²) in [5.41, 5.74) is -0.0625. The van der Waals surface area contributed by atoms with Crippen LogP contribution in [0.4, 0.5) is 14.9 Å². The fraction of sp³-hybridized carbons (Fsp3) is 0.133. The molecule has 23 heavy (non-hydrogen) atoms. The Balaban J connectivity index is 1.73. The molecule has 3 amide bonds. The molecule has 2 N–H and O–H groups in total. The van der Waals surface area contributed by atoms with Crippen LogP contribution in [-0.4, -0.2) is 24.5 Å². The Morgan fingerprint density at radius 3 is 2.61 bits per heavy atom. The predicted octanol–water partition coefficient (Wildman–Crippen LogP) is 2.32. The first kappa shape index (κ1) is 16.6. The Bertz CT molecular complexity index is 703. The number of carbonyl (C=O) groups is 3. The van der Waals surface area contributed by atoms with E-state index >= 15 is 0 Å². The Morgan fingerprint density at radius 1 is 1.13 bits per heavy atom. The molecule has 0 aliphatic carbocycles. The van der Waals surface area contributed by atoms with Crippen molar-refractivity contribution in [3.8, 4) is 0 Å². The number of hydrogen-bond acceptors (Lipinski definition) is 5. The average molecular weight is 336 g/mol. The molecule has 0 aliphatic heterocycles. The minimum atomic E-state index is -0.908. The second-order valence-electron chi connectivity index (χ2n) is 4.40. The van der Waals surface area contributed by atoms with Crippen LogP contribution in [-0.2, 0) is 20.7 Å². The lowest BCUT2D eigenvalue weighted by Gasteiger charge is -2.07. The van der Waals surface area contributed by atoms with Gasteiger partial charge >= 0.3 is 12.0 Å². The van der Waals surface area contributed by atoms with E-state index in [1.807, 2.05) is 10.7 Å². The second kappa shape index (κ2) is 8.04. The molecule has 120 valence electrons. The van der Waals surface area contributed by atoms with Crippen molar-refractivity contribution < 1.29 is 23.5 Å². The number of thiophene rings is 1. The number of nitrogens with one attached hydrogen (secondary N) is 2. The third-order valence-corrected chi connectivity index (χ3v) is 3.51. The van der Waals surface area contributed by atoms with Crippen LogP contribution in [0.1, 0.15) is 4.88 Å². The summed E-state index contributed by atoms with van der Waals surface area (Å²) >= 11 is 1.40. The van der Waals surface area contributed by atoms with Crippen LogP contribution in [0.25, 0.3) is 0 Å². The lowest BCUT2D eigenvalue weighted by molar-refractivity contribution is -0.147. The number of amides is 3. The summed E-state index contributed by atoms with van der Waals surface area (Å²) in [6.07, 6.45) is 0.0619. The van der Waals surface area contributed by atoms with Gasteiger partial charge in [0.05, 0.1) is 12.1 Å². The van der Waals surface area contributed by atoms with E-state index in [4.69, 9.17) is 4.74 Å². The molecule has 0 fully saturated rings. The largest absolute Gasteiger partial charge is 0.455 e. The highest BCUT2D eigenvalue weighted by Gasteiger charge is 2.13. The van der Waals surface area contributed by atoms with Crippen LogP contribution in [0.5, 0.6) is 0 Å². The molecule has 0 saturated carbocycles. The van der Waals surface area contributed by atoms with Gasteiger partial charge in [0.1, 0.15) is 5.82 Å². The van der Waals surface area contributed by atoms with Crippen molar-refractivity contribution in [1.82, 2.24) is 5.32 Å². The van der Waals surface area contributed by atoms with Crippen molar-refractivity contribution in [2.45, 2.75) is 6.42 Å². The maximum atomic E-state index is 13.3. The van der Waals surface area contributed by atoms with Gasteiger partial charge in [-0.15, -0.1) is 11.3 Å². The van der Waals surface area contributed by atoms with Gasteiger partial charge in [0.25, 0.3) is 5.91 Å². The monoisotopic (exact) mass is 336 g/mol. The molecule has 0 bridgehead atoms. The number of imide groups is 1. The van der Waals surface area contributed by atoms with Crippen molar-refractivity contribution in [1.29, 1.82) is 0 Å². The fourth-order valence-electron chi connectivity index (χ4n) is 1.63. The molecule has 0 spiro atoms. The lowest BCUT2D eigenvalue weighted by atomic mass is 10.3. The first-order chi connectivity index (χ1) is 11.0. The molecule has 2 aromatic rings. The zero-order valence-corrected chi connectivity index (χ0v) is 12.7. The Kier molecular flexibility index (Phi) is 5.81. The van der Waals surface area contributed by atoms with Gasteiger partial charge in [-0.2, -0.15) is 0 Å². The topological polar surface area (TPSA) is 84.5 Å². The number of halogens is 1. The first-order valence-electron chi connectivity index (χ1n) is 6.58. The number of esters is 1. The number of benzene rings is 1. The van der Waals surface area contributed by atoms with Crippen LogP contribution in [0.3, 0.4) is 0 Å². The Morgan fingerprint density at radius 2 is 1.91 bits per heavy atom. The highest BCUT2D eigenvalue weighted by Crippen LogP contribution is 2.12. The molecule has 0 atom stereocenters. The van der Waals surface area contributed by atoms with E-state index in [0.29, 0.717) is 0 Å². The molecule has 8 heteroatoms. The van der Waals surface area contributed by atoms with Gasteiger partial charge in [-0.05, 0) is 23.6 Å². The van der Waals surface area contributed by atoms with Crippen LogP contribution in [0.15, 0.2) is 41.8 Å². The smallest absolute Gasteiger partial charge is 0.326 e. The summed E-state index contributed by atoms with van der Waals surface area (Å²) in [5.74, 6) is -2.01. The van der Waals surface area contributed by atoms with Crippen molar-refractivity contribution in [3.05, 3.63) is 52.5 Å². The van der Waals surface area contributed by atoms with Crippen LogP contribution < -0.4 is 10.6 Å². The molecule has 0 radical (unpaired) electrons. The van der Waals surface area contributed by atoms with E-state index in [1.165, 1.54) is 35.6 Å². The third-order valence-electron chi connectivity index (χ3n) is 2.64. The SMILES string of the molecule is O=C(COC(=O)Cc1cccs1)NC(=O)Nc1ccccc1F. The maximum absolute atomic E-state index is 13.3. The number of carbonyl (C=O) groups excluding carboxylic acids is 3. The number of anilines is 1. The second-order valence-corrected chi connectivity index (χ2v) is 5.43. The molecule has 0 saturated heterocycles. The van der Waals surface area contributed by atoms with Gasteiger partial charge in [0.15, 0.2) is 6.61 Å². The highest BCUT2D eigenvalue weighted by molar-refractivity contribution is 7.10. The van der Waals surface area contributed by atoms with Gasteiger partial charge in [-0.1, -0.05) is 18.2 Å². The average Bonchev–Trinajstić information content (AvgIpc) is 3.00. The van der Waals surface area contributed by atoms with Gasteiger partial charge in [-0.25, -0.2) is 9.18 Å². The molecule has 0 aliphatic rings. The lowest BCUT2D eigenvalue weighted by Crippen LogP contribution is -2.37. The van der Waals surface area contributed by atoms with E-state index in [1.54, 1.807) is 12.1 Å². The number of ether oxygens (including phenoxy) is 1. The van der Waals surface area contributed by atoms with E-state index in [2.05, 4.69) is 5.32 Å². The van der Waals surface area contributed by atoms with Crippen LogP contribution in [0.2, 0.25) is 0 Å². The molecular weight excluding hydrogens is 323 g/mol. The third kappa shape index (κ3) is 5.51. The number of hydrogen-bond donors (Lipinski definition) is 2. The summed E-state index contributed by atoms with van der Waals surface area (Å²) in [6.45, 7) is -0.588. The van der Waals surface area contributed by atoms with Crippen molar-refractivity contribution in [2.75, 3.05) is 11.9 Å². The van der Waals surface area contributed by atoms with Gasteiger partial charge in [-0.3, -0.25) is 14.9 Å². The number of rotatable bonds is 5. The van der Waals surface area contributed by atoms with E-state index in [-0.39, 0.29) is 12.1 Å². The minimum absolute atomic E-state index is 0.0619. The van der Waals surface area contributed by atoms with E-state index in [0.717, 1.165) is 4.88 Å².